The van der Waals surface area contributed by atoms with Gasteiger partial charge in [-0.15, -0.1) is 0 Å². The van der Waals surface area contributed by atoms with Crippen LogP contribution in [0.1, 0.15) is 41.6 Å². The Hall–Kier alpha value is -1.75. The minimum absolute atomic E-state index is 0.243. The zero-order valence-electron chi connectivity index (χ0n) is 13.4. The van der Waals surface area contributed by atoms with Gasteiger partial charge in [-0.1, -0.05) is 0 Å². The maximum Gasteiger partial charge on any atom is 0.339 e. The van der Waals surface area contributed by atoms with Crippen LogP contribution in [0.15, 0.2) is 12.1 Å². The van der Waals surface area contributed by atoms with Gasteiger partial charge >= 0.3 is 5.97 Å². The molecule has 5 heteroatoms. The largest absolute Gasteiger partial charge is 0.492 e. The van der Waals surface area contributed by atoms with Gasteiger partial charge in [-0.2, -0.15) is 0 Å². The van der Waals surface area contributed by atoms with Crippen LogP contribution >= 0.6 is 0 Å². The summed E-state index contributed by atoms with van der Waals surface area (Å²) in [7, 11) is 1.67. The Morgan fingerprint density at radius 1 is 1.23 bits per heavy atom. The number of unbranched alkanes of at least 4 members (excludes halogenated alkanes) is 1. The van der Waals surface area contributed by atoms with Gasteiger partial charge in [-0.05, 0) is 44.7 Å². The summed E-state index contributed by atoms with van der Waals surface area (Å²) >= 11 is 0. The van der Waals surface area contributed by atoms with Crippen LogP contribution in [0.4, 0.5) is 5.69 Å². The number of carboxylic acids is 1. The highest BCUT2D eigenvalue weighted by Crippen LogP contribution is 2.34. The summed E-state index contributed by atoms with van der Waals surface area (Å²) in [6.45, 7) is 5.21. The molecule has 0 atom stereocenters. The number of carboxylic acid groups (broad SMARTS) is 1. The second-order valence-corrected chi connectivity index (χ2v) is 5.63. The Morgan fingerprint density at radius 3 is 2.55 bits per heavy atom. The van der Waals surface area contributed by atoms with E-state index in [4.69, 9.17) is 9.47 Å². The van der Waals surface area contributed by atoms with Gasteiger partial charge in [0.15, 0.2) is 0 Å². The Bertz CT molecular complexity index is 510. The Balaban J connectivity index is 2.15. The van der Waals surface area contributed by atoms with E-state index in [-0.39, 0.29) is 5.56 Å². The lowest BCUT2D eigenvalue weighted by atomic mass is 10.1. The molecule has 1 fully saturated rings. The maximum absolute atomic E-state index is 11.4. The third-order valence-electron chi connectivity index (χ3n) is 4.04. The van der Waals surface area contributed by atoms with Crippen molar-refractivity contribution in [1.82, 2.24) is 0 Å². The van der Waals surface area contributed by atoms with Gasteiger partial charge in [0, 0.05) is 38.1 Å². The lowest BCUT2D eigenvalue weighted by Gasteiger charge is -2.23. The number of hydrogen-bond acceptors (Lipinski definition) is 4. The smallest absolute Gasteiger partial charge is 0.339 e. The molecule has 0 aliphatic carbocycles. The molecule has 1 saturated heterocycles. The van der Waals surface area contributed by atoms with Crippen molar-refractivity contribution in [2.75, 3.05) is 38.3 Å². The lowest BCUT2D eigenvalue weighted by Crippen LogP contribution is -2.19. The van der Waals surface area contributed by atoms with E-state index in [0.29, 0.717) is 19.0 Å². The van der Waals surface area contributed by atoms with Gasteiger partial charge in [0.25, 0.3) is 0 Å². The van der Waals surface area contributed by atoms with Crippen molar-refractivity contribution in [1.29, 1.82) is 0 Å². The van der Waals surface area contributed by atoms with E-state index in [9.17, 15) is 9.90 Å². The molecule has 1 aromatic carbocycles. The summed E-state index contributed by atoms with van der Waals surface area (Å²) in [4.78, 5) is 13.7. The summed E-state index contributed by atoms with van der Waals surface area (Å²) in [5.41, 5.74) is 2.26. The normalized spacial score (nSPS) is 14.4. The fourth-order valence-electron chi connectivity index (χ4n) is 2.86. The van der Waals surface area contributed by atoms with Crippen molar-refractivity contribution in [2.24, 2.45) is 0 Å². The molecule has 1 aliphatic rings. The number of rotatable bonds is 8. The van der Waals surface area contributed by atoms with E-state index >= 15 is 0 Å². The molecule has 0 bridgehead atoms. The van der Waals surface area contributed by atoms with Gasteiger partial charge in [-0.25, -0.2) is 4.79 Å². The fraction of sp³-hybridized carbons (Fsp3) is 0.588. The van der Waals surface area contributed by atoms with Crippen LogP contribution in [0.25, 0.3) is 0 Å². The Morgan fingerprint density at radius 2 is 1.91 bits per heavy atom. The van der Waals surface area contributed by atoms with Crippen LogP contribution in [0.5, 0.6) is 5.75 Å². The molecule has 0 saturated carbocycles. The number of anilines is 1. The van der Waals surface area contributed by atoms with Crippen molar-refractivity contribution in [3.63, 3.8) is 0 Å². The topological polar surface area (TPSA) is 59.0 Å². The second-order valence-electron chi connectivity index (χ2n) is 5.63. The van der Waals surface area contributed by atoms with Crippen molar-refractivity contribution < 1.29 is 19.4 Å². The molecule has 2 rings (SSSR count). The molecule has 0 radical (unpaired) electrons. The molecule has 0 unspecified atom stereocenters. The number of hydrogen-bond donors (Lipinski definition) is 1. The van der Waals surface area contributed by atoms with Crippen LogP contribution in [0, 0.1) is 6.92 Å². The fourth-order valence-corrected chi connectivity index (χ4v) is 2.86. The number of ether oxygens (including phenoxy) is 2. The number of benzene rings is 1. The minimum Gasteiger partial charge on any atom is -0.492 e. The highest BCUT2D eigenvalue weighted by atomic mass is 16.5. The van der Waals surface area contributed by atoms with Crippen LogP contribution in [0.3, 0.4) is 0 Å². The zero-order valence-corrected chi connectivity index (χ0v) is 13.4. The highest BCUT2D eigenvalue weighted by molar-refractivity contribution is 5.92. The number of methoxy groups -OCH3 is 1. The first-order valence-electron chi connectivity index (χ1n) is 7.88. The first-order valence-corrected chi connectivity index (χ1v) is 7.88. The summed E-state index contributed by atoms with van der Waals surface area (Å²) in [5.74, 6) is -0.433. The SMILES string of the molecule is COCCCCOc1c(C(=O)O)ccc(N2CCCC2)c1C. The van der Waals surface area contributed by atoms with Gasteiger partial charge in [0.1, 0.15) is 11.3 Å². The molecule has 1 aromatic rings. The molecule has 1 N–H and O–H groups in total. The Kier molecular flexibility index (Phi) is 6.07. The third-order valence-corrected chi connectivity index (χ3v) is 4.04. The summed E-state index contributed by atoms with van der Waals surface area (Å²) in [6, 6.07) is 3.56. The molecule has 0 spiro atoms. The quantitative estimate of drug-likeness (QED) is 0.748. The predicted molar refractivity (Wildman–Crippen MR) is 86.2 cm³/mol. The van der Waals surface area contributed by atoms with E-state index in [1.165, 1.54) is 12.8 Å². The molecular formula is C17H25NO4. The average Bonchev–Trinajstić information content (AvgIpc) is 3.02. The van der Waals surface area contributed by atoms with E-state index in [1.54, 1.807) is 13.2 Å². The molecule has 1 aliphatic heterocycles. The van der Waals surface area contributed by atoms with E-state index in [0.717, 1.165) is 37.2 Å². The van der Waals surface area contributed by atoms with Crippen molar-refractivity contribution in [3.05, 3.63) is 23.3 Å². The van der Waals surface area contributed by atoms with Gasteiger partial charge in [0.2, 0.25) is 0 Å². The molecule has 122 valence electrons. The van der Waals surface area contributed by atoms with E-state index in [1.807, 2.05) is 13.0 Å². The van der Waals surface area contributed by atoms with E-state index in [2.05, 4.69) is 4.90 Å². The molecule has 22 heavy (non-hydrogen) atoms. The monoisotopic (exact) mass is 307 g/mol. The van der Waals surface area contributed by atoms with Crippen LogP contribution in [-0.2, 0) is 4.74 Å². The summed E-state index contributed by atoms with van der Waals surface area (Å²) in [6.07, 6.45) is 4.13. The predicted octanol–water partition coefficient (Wildman–Crippen LogP) is 3.10. The summed E-state index contributed by atoms with van der Waals surface area (Å²) < 4.78 is 10.8. The van der Waals surface area contributed by atoms with Crippen LogP contribution in [0.2, 0.25) is 0 Å². The Labute approximate surface area is 131 Å². The molecule has 0 amide bonds. The van der Waals surface area contributed by atoms with Crippen molar-refractivity contribution in [2.45, 2.75) is 32.6 Å². The number of aromatic carboxylic acids is 1. The van der Waals surface area contributed by atoms with E-state index < -0.39 is 5.97 Å². The lowest BCUT2D eigenvalue weighted by molar-refractivity contribution is 0.0691. The first-order chi connectivity index (χ1) is 10.6. The first kappa shape index (κ1) is 16.6. The third kappa shape index (κ3) is 3.91. The molecule has 0 aromatic heterocycles. The van der Waals surface area contributed by atoms with Gasteiger partial charge < -0.3 is 19.5 Å². The number of carbonyl (C=O) groups is 1. The standard InChI is InChI=1S/C17H25NO4/c1-13-15(18-9-3-4-10-18)8-7-14(17(19)20)16(13)22-12-6-5-11-21-2/h7-8H,3-6,9-12H2,1-2H3,(H,19,20). The van der Waals surface area contributed by atoms with Crippen molar-refractivity contribution in [3.8, 4) is 5.75 Å². The highest BCUT2D eigenvalue weighted by Gasteiger charge is 2.21. The van der Waals surface area contributed by atoms with Crippen LogP contribution < -0.4 is 9.64 Å². The maximum atomic E-state index is 11.4. The van der Waals surface area contributed by atoms with Gasteiger partial charge in [-0.3, -0.25) is 0 Å². The number of nitrogens with zero attached hydrogens (tertiary/aromatic N) is 1. The summed E-state index contributed by atoms with van der Waals surface area (Å²) in [5, 5.41) is 9.37. The van der Waals surface area contributed by atoms with Crippen LogP contribution in [-0.4, -0.2) is 44.5 Å². The average molecular weight is 307 g/mol. The van der Waals surface area contributed by atoms with Crippen molar-refractivity contribution >= 4 is 11.7 Å². The minimum atomic E-state index is -0.942. The molecule has 1 heterocycles. The molecular weight excluding hydrogens is 282 g/mol. The second kappa shape index (κ2) is 8.03. The molecule has 5 nitrogen and oxygen atoms in total. The zero-order chi connectivity index (χ0) is 15.9. The van der Waals surface area contributed by atoms with Gasteiger partial charge in [0.05, 0.1) is 6.61 Å².